The van der Waals surface area contributed by atoms with E-state index in [4.69, 9.17) is 0 Å². The Hall–Kier alpha value is -0.870. The summed E-state index contributed by atoms with van der Waals surface area (Å²) in [6.07, 6.45) is 6.20. The van der Waals surface area contributed by atoms with Crippen LogP contribution in [0.25, 0.3) is 0 Å². The maximum absolute atomic E-state index is 13.1. The highest BCUT2D eigenvalue weighted by molar-refractivity contribution is 7.07. The van der Waals surface area contributed by atoms with Crippen molar-refractivity contribution in [3.8, 4) is 0 Å². The summed E-state index contributed by atoms with van der Waals surface area (Å²) < 4.78 is 0. The van der Waals surface area contributed by atoms with Gasteiger partial charge >= 0.3 is 0 Å². The zero-order valence-electron chi connectivity index (χ0n) is 13.4. The van der Waals surface area contributed by atoms with Gasteiger partial charge in [0.1, 0.15) is 0 Å². The van der Waals surface area contributed by atoms with Gasteiger partial charge in [-0.3, -0.25) is 4.79 Å². The molecular weight excluding hydrogens is 292 g/mol. The van der Waals surface area contributed by atoms with Gasteiger partial charge in [-0.25, -0.2) is 0 Å². The Kier molecular flexibility index (Phi) is 3.77. The summed E-state index contributed by atoms with van der Waals surface area (Å²) in [5.41, 5.74) is 1.73. The lowest BCUT2D eigenvalue weighted by Crippen LogP contribution is -2.41. The summed E-state index contributed by atoms with van der Waals surface area (Å²) in [5, 5.41) is 7.78. The Balaban J connectivity index is 1.51. The zero-order valence-corrected chi connectivity index (χ0v) is 14.2. The summed E-state index contributed by atoms with van der Waals surface area (Å²) in [7, 11) is 0. The molecule has 1 aromatic rings. The molecule has 1 aromatic heterocycles. The molecule has 1 amide bonds. The number of thiophene rings is 1. The molecular formula is C18H26N2OS. The summed E-state index contributed by atoms with van der Waals surface area (Å²) in [6, 6.07) is 2.66. The van der Waals surface area contributed by atoms with E-state index in [-0.39, 0.29) is 5.92 Å². The summed E-state index contributed by atoms with van der Waals surface area (Å²) >= 11 is 1.73. The molecule has 1 N–H and O–H groups in total. The van der Waals surface area contributed by atoms with Crippen molar-refractivity contribution < 1.29 is 4.79 Å². The largest absolute Gasteiger partial charge is 0.335 e. The van der Waals surface area contributed by atoms with E-state index in [0.717, 1.165) is 19.6 Å². The first-order valence-corrected chi connectivity index (χ1v) is 9.66. The van der Waals surface area contributed by atoms with E-state index in [0.29, 0.717) is 23.3 Å². The van der Waals surface area contributed by atoms with Gasteiger partial charge in [0.05, 0.1) is 0 Å². The van der Waals surface area contributed by atoms with E-state index in [9.17, 15) is 4.79 Å². The second-order valence-electron chi connectivity index (χ2n) is 7.56. The van der Waals surface area contributed by atoms with E-state index in [1.54, 1.807) is 11.3 Å². The van der Waals surface area contributed by atoms with Gasteiger partial charge in [-0.05, 0) is 78.9 Å². The van der Waals surface area contributed by atoms with Crippen LogP contribution in [0.3, 0.4) is 0 Å². The number of hydrogen-bond acceptors (Lipinski definition) is 3. The summed E-state index contributed by atoms with van der Waals surface area (Å²) in [6.45, 7) is 5.21. The van der Waals surface area contributed by atoms with Crippen LogP contribution in [0.4, 0.5) is 0 Å². The minimum absolute atomic E-state index is 0.220. The van der Waals surface area contributed by atoms with Crippen LogP contribution in [0, 0.1) is 17.3 Å². The molecule has 1 aliphatic heterocycles. The third kappa shape index (κ3) is 2.71. The molecule has 3 fully saturated rings. The van der Waals surface area contributed by atoms with E-state index in [2.05, 4.69) is 34.0 Å². The number of piperidine rings is 1. The molecule has 3 aliphatic rings. The van der Waals surface area contributed by atoms with Gasteiger partial charge in [-0.2, -0.15) is 11.3 Å². The van der Waals surface area contributed by atoms with Crippen LogP contribution in [0.5, 0.6) is 0 Å². The Morgan fingerprint density at radius 3 is 2.86 bits per heavy atom. The zero-order chi connectivity index (χ0) is 15.2. The van der Waals surface area contributed by atoms with Crippen LogP contribution in [-0.2, 0) is 11.3 Å². The minimum atomic E-state index is 0.220. The fraction of sp³-hybridized carbons (Fsp3) is 0.722. The first-order valence-electron chi connectivity index (χ1n) is 8.72. The van der Waals surface area contributed by atoms with Gasteiger partial charge in [-0.1, -0.05) is 6.92 Å². The molecule has 1 saturated heterocycles. The molecule has 22 heavy (non-hydrogen) atoms. The Morgan fingerprint density at radius 1 is 1.45 bits per heavy atom. The lowest BCUT2D eigenvalue weighted by Gasteiger charge is -2.31. The first kappa shape index (κ1) is 14.7. The van der Waals surface area contributed by atoms with Gasteiger partial charge in [0.2, 0.25) is 5.91 Å². The normalized spacial score (nSPS) is 27.6. The molecule has 120 valence electrons. The molecule has 4 rings (SSSR count). The topological polar surface area (TPSA) is 32.3 Å². The van der Waals surface area contributed by atoms with Gasteiger partial charge in [0, 0.05) is 18.5 Å². The maximum atomic E-state index is 13.1. The second kappa shape index (κ2) is 5.64. The van der Waals surface area contributed by atoms with Gasteiger partial charge < -0.3 is 10.2 Å². The Labute approximate surface area is 137 Å². The van der Waals surface area contributed by atoms with Crippen molar-refractivity contribution in [3.05, 3.63) is 22.4 Å². The molecule has 2 aliphatic carbocycles. The third-order valence-corrected chi connectivity index (χ3v) is 6.79. The van der Waals surface area contributed by atoms with Crippen molar-refractivity contribution in [2.75, 3.05) is 13.1 Å². The Morgan fingerprint density at radius 2 is 2.23 bits per heavy atom. The molecule has 3 nitrogen and oxygen atoms in total. The van der Waals surface area contributed by atoms with Crippen molar-refractivity contribution in [1.82, 2.24) is 10.2 Å². The van der Waals surface area contributed by atoms with Crippen LogP contribution in [-0.4, -0.2) is 29.9 Å². The molecule has 0 aromatic carbocycles. The molecule has 2 heterocycles. The molecule has 1 spiro atoms. The van der Waals surface area contributed by atoms with Crippen molar-refractivity contribution >= 4 is 17.2 Å². The fourth-order valence-corrected chi connectivity index (χ4v) is 4.87. The summed E-state index contributed by atoms with van der Waals surface area (Å²) in [4.78, 5) is 15.3. The minimum Gasteiger partial charge on any atom is -0.335 e. The first-order chi connectivity index (χ1) is 10.7. The van der Waals surface area contributed by atoms with Gasteiger partial charge in [0.25, 0.3) is 0 Å². The van der Waals surface area contributed by atoms with Crippen LogP contribution < -0.4 is 5.32 Å². The number of hydrogen-bond donors (Lipinski definition) is 1. The van der Waals surface area contributed by atoms with Crippen molar-refractivity contribution in [2.45, 2.75) is 51.6 Å². The highest BCUT2D eigenvalue weighted by Gasteiger charge is 2.58. The maximum Gasteiger partial charge on any atom is 0.226 e. The lowest BCUT2D eigenvalue weighted by molar-refractivity contribution is -0.137. The standard InChI is InChI=1S/C18H26N2OS/c1-13(15-2-3-15)17(21)20(11-14-4-9-22-12-14)16-10-18(16)5-7-19-8-6-18/h4,9,12-13,15-16,19H,2-3,5-8,10-11H2,1H3. The highest BCUT2D eigenvalue weighted by atomic mass is 32.1. The fourth-order valence-electron chi connectivity index (χ4n) is 4.21. The monoisotopic (exact) mass is 318 g/mol. The molecule has 2 atom stereocenters. The van der Waals surface area contributed by atoms with Crippen LogP contribution in [0.15, 0.2) is 16.8 Å². The van der Waals surface area contributed by atoms with Crippen molar-refractivity contribution in [2.24, 2.45) is 17.3 Å². The molecule has 0 radical (unpaired) electrons. The summed E-state index contributed by atoms with van der Waals surface area (Å²) in [5.74, 6) is 1.28. The molecule has 4 heteroatoms. The average molecular weight is 318 g/mol. The predicted molar refractivity (Wildman–Crippen MR) is 89.7 cm³/mol. The second-order valence-corrected chi connectivity index (χ2v) is 8.34. The van der Waals surface area contributed by atoms with Crippen molar-refractivity contribution in [3.63, 3.8) is 0 Å². The number of nitrogens with one attached hydrogen (secondary N) is 1. The Bertz CT molecular complexity index is 531. The smallest absolute Gasteiger partial charge is 0.226 e. The molecule has 2 unspecified atom stereocenters. The average Bonchev–Trinajstić information content (AvgIpc) is 3.44. The van der Waals surface area contributed by atoms with Crippen LogP contribution in [0.1, 0.15) is 44.6 Å². The van der Waals surface area contributed by atoms with E-state index < -0.39 is 0 Å². The van der Waals surface area contributed by atoms with Gasteiger partial charge in [-0.15, -0.1) is 0 Å². The number of nitrogens with zero attached hydrogens (tertiary/aromatic N) is 1. The van der Waals surface area contributed by atoms with E-state index >= 15 is 0 Å². The quantitative estimate of drug-likeness (QED) is 0.904. The van der Waals surface area contributed by atoms with Gasteiger partial charge in [0.15, 0.2) is 0 Å². The van der Waals surface area contributed by atoms with E-state index in [1.807, 2.05) is 0 Å². The third-order valence-electron chi connectivity index (χ3n) is 6.06. The number of amides is 1. The number of carbonyl (C=O) groups is 1. The van der Waals surface area contributed by atoms with E-state index in [1.165, 1.54) is 37.7 Å². The van der Waals surface area contributed by atoms with Crippen LogP contribution in [0.2, 0.25) is 0 Å². The number of rotatable bonds is 5. The SMILES string of the molecule is CC(C(=O)N(Cc1ccsc1)C1CC12CCNCC2)C1CC1. The predicted octanol–water partition coefficient (Wildman–Crippen LogP) is 3.26. The number of carbonyl (C=O) groups excluding carboxylic acids is 1. The molecule has 0 bridgehead atoms. The molecule has 2 saturated carbocycles. The van der Waals surface area contributed by atoms with Crippen LogP contribution >= 0.6 is 11.3 Å². The van der Waals surface area contributed by atoms with Crippen molar-refractivity contribution in [1.29, 1.82) is 0 Å². The lowest BCUT2D eigenvalue weighted by atomic mass is 9.93. The highest BCUT2D eigenvalue weighted by Crippen LogP contribution is 2.56.